The Labute approximate surface area is 188 Å². The van der Waals surface area contributed by atoms with Crippen LogP contribution in [-0.4, -0.2) is 39.6 Å². The molecule has 0 heterocycles. The highest BCUT2D eigenvalue weighted by molar-refractivity contribution is 4.60. The Kier molecular flexibility index (Phi) is 27.6. The van der Waals surface area contributed by atoms with Crippen LogP contribution in [0.2, 0.25) is 0 Å². The summed E-state index contributed by atoms with van der Waals surface area (Å²) in [6.07, 6.45) is 24.5. The van der Waals surface area contributed by atoms with E-state index in [1.165, 1.54) is 89.9 Å². The fourth-order valence-corrected chi connectivity index (χ4v) is 3.31. The van der Waals surface area contributed by atoms with Crippen molar-refractivity contribution >= 4 is 0 Å². The molecule has 30 heavy (non-hydrogen) atoms. The Balaban J connectivity index is 3.06. The van der Waals surface area contributed by atoms with E-state index in [0.717, 1.165) is 26.1 Å². The van der Waals surface area contributed by atoms with Gasteiger partial charge in [0.1, 0.15) is 25.7 Å². The van der Waals surface area contributed by atoms with Gasteiger partial charge < -0.3 is 18.9 Å². The second kappa shape index (κ2) is 28.3. The molecule has 4 nitrogen and oxygen atoms in total. The minimum Gasteiger partial charge on any atom is -0.496 e. The quantitative estimate of drug-likeness (QED) is 0.104. The maximum absolute atomic E-state index is 5.58. The molecule has 0 saturated carbocycles. The van der Waals surface area contributed by atoms with E-state index >= 15 is 0 Å². The average Bonchev–Trinajstić information content (AvgIpc) is 2.76. The Morgan fingerprint density at radius 2 is 0.700 bits per heavy atom. The first kappa shape index (κ1) is 29.3. The van der Waals surface area contributed by atoms with Gasteiger partial charge >= 0.3 is 0 Å². The van der Waals surface area contributed by atoms with E-state index < -0.39 is 0 Å². The van der Waals surface area contributed by atoms with Crippen LogP contribution in [0, 0.1) is 0 Å². The summed E-state index contributed by atoms with van der Waals surface area (Å²) in [5.74, 6) is 0. The molecule has 0 saturated heterocycles. The maximum Gasteiger partial charge on any atom is 0.117 e. The van der Waals surface area contributed by atoms with Gasteiger partial charge in [0.05, 0.1) is 13.2 Å². The van der Waals surface area contributed by atoms with Crippen molar-refractivity contribution in [3.63, 3.8) is 0 Å². The van der Waals surface area contributed by atoms with Crippen LogP contribution in [0.25, 0.3) is 0 Å². The lowest BCUT2D eigenvalue weighted by atomic mass is 10.1. The van der Waals surface area contributed by atoms with Crippen molar-refractivity contribution in [2.75, 3.05) is 39.6 Å². The van der Waals surface area contributed by atoms with E-state index in [-0.39, 0.29) is 0 Å². The second-order valence-corrected chi connectivity index (χ2v) is 8.19. The fraction of sp³-hybridized carbons (Fsp3) is 0.923. The SMILES string of the molecule is CCCCCCCCCCOCCOC=COCCOCCCCCCCCCC. The normalized spacial score (nSPS) is 11.4. The van der Waals surface area contributed by atoms with Crippen LogP contribution in [0.15, 0.2) is 12.5 Å². The third kappa shape index (κ3) is 27.3. The molecule has 180 valence electrons. The summed E-state index contributed by atoms with van der Waals surface area (Å²) in [5, 5.41) is 0. The van der Waals surface area contributed by atoms with Crippen LogP contribution in [-0.2, 0) is 18.9 Å². The van der Waals surface area contributed by atoms with Gasteiger partial charge in [-0.1, -0.05) is 104 Å². The third-order valence-corrected chi connectivity index (χ3v) is 5.22. The summed E-state index contributed by atoms with van der Waals surface area (Å²) in [7, 11) is 0. The standard InChI is InChI=1S/C26H52O4/c1-3-5-7-9-11-13-15-17-19-27-21-23-29-25-26-30-24-22-28-20-18-16-14-12-10-8-6-4-2/h25-26H,3-24H2,1-2H3. The molecule has 0 aromatic rings. The molecule has 0 rings (SSSR count). The molecule has 0 unspecified atom stereocenters. The van der Waals surface area contributed by atoms with E-state index in [1.54, 1.807) is 12.5 Å². The van der Waals surface area contributed by atoms with Crippen molar-refractivity contribution in [2.24, 2.45) is 0 Å². The van der Waals surface area contributed by atoms with Gasteiger partial charge in [0.25, 0.3) is 0 Å². The summed E-state index contributed by atoms with van der Waals surface area (Å²) in [6, 6.07) is 0. The van der Waals surface area contributed by atoms with E-state index in [9.17, 15) is 0 Å². The molecule has 0 aromatic carbocycles. The predicted octanol–water partition coefficient (Wildman–Crippen LogP) is 7.81. The number of unbranched alkanes of at least 4 members (excludes halogenated alkanes) is 14. The Morgan fingerprint density at radius 3 is 1.07 bits per heavy atom. The highest BCUT2D eigenvalue weighted by Gasteiger charge is 1.94. The van der Waals surface area contributed by atoms with Crippen molar-refractivity contribution in [1.29, 1.82) is 0 Å². The van der Waals surface area contributed by atoms with Crippen molar-refractivity contribution in [3.8, 4) is 0 Å². The topological polar surface area (TPSA) is 36.9 Å². The molecule has 4 heteroatoms. The molecular weight excluding hydrogens is 376 g/mol. The summed E-state index contributed by atoms with van der Waals surface area (Å²) in [4.78, 5) is 0. The van der Waals surface area contributed by atoms with Crippen LogP contribution in [0.4, 0.5) is 0 Å². The lowest BCUT2D eigenvalue weighted by molar-refractivity contribution is 0.0702. The molecule has 0 fully saturated rings. The van der Waals surface area contributed by atoms with Gasteiger partial charge in [-0.3, -0.25) is 0 Å². The summed E-state index contributed by atoms with van der Waals surface area (Å²) in [6.45, 7) is 8.64. The van der Waals surface area contributed by atoms with Gasteiger partial charge in [-0.2, -0.15) is 0 Å². The molecule has 0 aromatic heterocycles. The predicted molar refractivity (Wildman–Crippen MR) is 128 cm³/mol. The van der Waals surface area contributed by atoms with Crippen molar-refractivity contribution < 1.29 is 18.9 Å². The van der Waals surface area contributed by atoms with E-state index in [4.69, 9.17) is 18.9 Å². The molecule has 0 aliphatic heterocycles. The minimum atomic E-state index is 0.575. The first-order chi connectivity index (χ1) is 14.9. The smallest absolute Gasteiger partial charge is 0.117 e. The van der Waals surface area contributed by atoms with Gasteiger partial charge in [-0.15, -0.1) is 0 Å². The lowest BCUT2D eigenvalue weighted by Crippen LogP contribution is -2.04. The van der Waals surface area contributed by atoms with Gasteiger partial charge in [0.2, 0.25) is 0 Å². The molecule has 0 bridgehead atoms. The second-order valence-electron chi connectivity index (χ2n) is 8.19. The maximum atomic E-state index is 5.58. The molecule has 0 spiro atoms. The molecular formula is C26H52O4. The lowest BCUT2D eigenvalue weighted by Gasteiger charge is -2.05. The Bertz CT molecular complexity index is 290. The van der Waals surface area contributed by atoms with Gasteiger partial charge in [-0.25, -0.2) is 0 Å². The average molecular weight is 429 g/mol. The van der Waals surface area contributed by atoms with Crippen LogP contribution >= 0.6 is 0 Å². The van der Waals surface area contributed by atoms with Crippen molar-refractivity contribution in [2.45, 2.75) is 117 Å². The number of hydrogen-bond donors (Lipinski definition) is 0. The number of ether oxygens (including phenoxy) is 4. The molecule has 0 atom stereocenters. The summed E-state index contributed by atoms with van der Waals surface area (Å²) < 4.78 is 21.9. The largest absolute Gasteiger partial charge is 0.496 e. The number of hydrogen-bond acceptors (Lipinski definition) is 4. The zero-order valence-corrected chi connectivity index (χ0v) is 20.3. The molecule has 0 radical (unpaired) electrons. The molecule has 0 aliphatic carbocycles. The monoisotopic (exact) mass is 428 g/mol. The Morgan fingerprint density at radius 1 is 0.367 bits per heavy atom. The van der Waals surface area contributed by atoms with Crippen LogP contribution in [0.5, 0.6) is 0 Å². The molecule has 0 N–H and O–H groups in total. The van der Waals surface area contributed by atoms with Crippen LogP contribution in [0.1, 0.15) is 117 Å². The van der Waals surface area contributed by atoms with E-state index in [1.807, 2.05) is 0 Å². The fourth-order valence-electron chi connectivity index (χ4n) is 3.31. The van der Waals surface area contributed by atoms with Crippen LogP contribution < -0.4 is 0 Å². The summed E-state index contributed by atoms with van der Waals surface area (Å²) in [5.41, 5.74) is 0. The van der Waals surface area contributed by atoms with Crippen molar-refractivity contribution in [1.82, 2.24) is 0 Å². The molecule has 0 amide bonds. The highest BCUT2D eigenvalue weighted by Crippen LogP contribution is 2.09. The van der Waals surface area contributed by atoms with Gasteiger partial charge in [0.15, 0.2) is 0 Å². The minimum absolute atomic E-state index is 0.575. The first-order valence-electron chi connectivity index (χ1n) is 13.0. The molecule has 0 aliphatic rings. The zero-order chi connectivity index (χ0) is 21.8. The summed E-state index contributed by atoms with van der Waals surface area (Å²) >= 11 is 0. The van der Waals surface area contributed by atoms with Crippen molar-refractivity contribution in [3.05, 3.63) is 12.5 Å². The van der Waals surface area contributed by atoms with Gasteiger partial charge in [-0.05, 0) is 12.8 Å². The van der Waals surface area contributed by atoms with Gasteiger partial charge in [0, 0.05) is 13.2 Å². The number of rotatable bonds is 26. The Hall–Kier alpha value is -0.740. The zero-order valence-electron chi connectivity index (χ0n) is 20.3. The van der Waals surface area contributed by atoms with E-state index in [0.29, 0.717) is 26.4 Å². The first-order valence-corrected chi connectivity index (χ1v) is 13.0. The van der Waals surface area contributed by atoms with Crippen LogP contribution in [0.3, 0.4) is 0 Å². The highest BCUT2D eigenvalue weighted by atomic mass is 16.5. The third-order valence-electron chi connectivity index (χ3n) is 5.22. The van der Waals surface area contributed by atoms with E-state index in [2.05, 4.69) is 13.8 Å².